The number of nitrogens with zero attached hydrogens (tertiary/aromatic N) is 5. The second kappa shape index (κ2) is 6.83. The van der Waals surface area contributed by atoms with Crippen LogP contribution in [-0.2, 0) is 20.9 Å². The molecule has 0 aliphatic heterocycles. The number of hydrogen-bond donors (Lipinski definition) is 1. The van der Waals surface area contributed by atoms with Crippen LogP contribution in [0.2, 0.25) is 0 Å². The van der Waals surface area contributed by atoms with Crippen LogP contribution in [-0.4, -0.2) is 56.5 Å². The van der Waals surface area contributed by atoms with Crippen LogP contribution in [0, 0.1) is 0 Å². The molecule has 2 heterocycles. The molecule has 0 aliphatic rings. The number of carbonyl (C=O) groups excluding carboxylic acids is 2. The first kappa shape index (κ1) is 15.7. The minimum absolute atomic E-state index is 0.0500. The smallest absolute Gasteiger partial charge is 0.325 e. The van der Waals surface area contributed by atoms with Gasteiger partial charge in [0.1, 0.15) is 18.4 Å². The summed E-state index contributed by atoms with van der Waals surface area (Å²) in [6.07, 6.45) is 3.66. The van der Waals surface area contributed by atoms with E-state index in [0.717, 1.165) is 0 Å². The van der Waals surface area contributed by atoms with E-state index in [4.69, 9.17) is 5.73 Å². The number of nitrogens with two attached hydrogens (primary N) is 1. The lowest BCUT2D eigenvalue weighted by Gasteiger charge is -2.19. The maximum atomic E-state index is 11.5. The van der Waals surface area contributed by atoms with Crippen molar-refractivity contribution in [2.24, 2.45) is 0 Å². The lowest BCUT2D eigenvalue weighted by molar-refractivity contribution is -0.146. The third-order valence-electron chi connectivity index (χ3n) is 3.25. The fourth-order valence-corrected chi connectivity index (χ4v) is 2.06. The number of aryl methyl sites for hydroxylation is 1. The van der Waals surface area contributed by atoms with E-state index in [9.17, 15) is 9.59 Å². The van der Waals surface area contributed by atoms with Gasteiger partial charge in [0, 0.05) is 20.0 Å². The molecular weight excluding hydrogens is 288 g/mol. The van der Waals surface area contributed by atoms with Crippen molar-refractivity contribution < 1.29 is 14.3 Å². The maximum absolute atomic E-state index is 11.5. The normalized spacial score (nSPS) is 10.6. The SMILES string of the molecule is COC(=O)CN(CCCn1cnc2c(N)ncnc21)C(C)=O. The Labute approximate surface area is 127 Å². The number of amides is 1. The standard InChI is InChI=1S/C13H18N6O3/c1-9(20)18(6-10(21)22-2)4-3-5-19-8-17-11-12(14)15-7-16-13(11)19/h7-8H,3-6H2,1-2H3,(H2,14,15,16). The Bertz CT molecular complexity index is 683. The Kier molecular flexibility index (Phi) is 4.87. The summed E-state index contributed by atoms with van der Waals surface area (Å²) in [5, 5.41) is 0. The van der Waals surface area contributed by atoms with Gasteiger partial charge in [0.2, 0.25) is 5.91 Å². The van der Waals surface area contributed by atoms with Crippen LogP contribution in [0.3, 0.4) is 0 Å². The van der Waals surface area contributed by atoms with Crippen LogP contribution in [0.1, 0.15) is 13.3 Å². The number of aromatic nitrogens is 4. The van der Waals surface area contributed by atoms with E-state index >= 15 is 0 Å². The molecule has 2 rings (SSSR count). The van der Waals surface area contributed by atoms with Gasteiger partial charge < -0.3 is 19.9 Å². The van der Waals surface area contributed by atoms with Gasteiger partial charge in [-0.25, -0.2) is 15.0 Å². The minimum atomic E-state index is -0.441. The molecule has 0 saturated carbocycles. The highest BCUT2D eigenvalue weighted by atomic mass is 16.5. The van der Waals surface area contributed by atoms with Crippen LogP contribution < -0.4 is 5.73 Å². The van der Waals surface area contributed by atoms with Crippen molar-refractivity contribution >= 4 is 28.9 Å². The first-order valence-electron chi connectivity index (χ1n) is 6.76. The summed E-state index contributed by atoms with van der Waals surface area (Å²) in [4.78, 5) is 36.4. The Balaban J connectivity index is 1.98. The molecule has 1 amide bonds. The molecule has 118 valence electrons. The lowest BCUT2D eigenvalue weighted by atomic mass is 10.3. The topological polar surface area (TPSA) is 116 Å². The zero-order chi connectivity index (χ0) is 16.1. The lowest BCUT2D eigenvalue weighted by Crippen LogP contribution is -2.35. The first-order valence-corrected chi connectivity index (χ1v) is 6.76. The summed E-state index contributed by atoms with van der Waals surface area (Å²) >= 11 is 0. The summed E-state index contributed by atoms with van der Waals surface area (Å²) in [6.45, 7) is 2.40. The zero-order valence-electron chi connectivity index (χ0n) is 12.5. The number of methoxy groups -OCH3 is 1. The van der Waals surface area contributed by atoms with Crippen LogP contribution in [0.4, 0.5) is 5.82 Å². The quantitative estimate of drug-likeness (QED) is 0.736. The second-order valence-electron chi connectivity index (χ2n) is 4.74. The number of esters is 1. The van der Waals surface area contributed by atoms with Crippen molar-refractivity contribution in [3.63, 3.8) is 0 Å². The molecule has 9 nitrogen and oxygen atoms in total. The third-order valence-corrected chi connectivity index (χ3v) is 3.25. The monoisotopic (exact) mass is 306 g/mol. The molecule has 2 aromatic rings. The fraction of sp³-hybridized carbons (Fsp3) is 0.462. The van der Waals surface area contributed by atoms with E-state index in [1.54, 1.807) is 6.33 Å². The summed E-state index contributed by atoms with van der Waals surface area (Å²) < 4.78 is 6.41. The van der Waals surface area contributed by atoms with Gasteiger partial charge in [-0.3, -0.25) is 9.59 Å². The number of hydrogen-bond acceptors (Lipinski definition) is 7. The molecule has 0 aliphatic carbocycles. The average Bonchev–Trinajstić information content (AvgIpc) is 2.90. The van der Waals surface area contributed by atoms with Crippen molar-refractivity contribution in [1.82, 2.24) is 24.4 Å². The number of carbonyl (C=O) groups is 2. The zero-order valence-corrected chi connectivity index (χ0v) is 12.5. The molecule has 0 atom stereocenters. The Morgan fingerprint density at radius 1 is 1.36 bits per heavy atom. The Morgan fingerprint density at radius 3 is 2.82 bits per heavy atom. The number of anilines is 1. The highest BCUT2D eigenvalue weighted by Gasteiger charge is 2.14. The number of nitrogen functional groups attached to an aromatic ring is 1. The fourth-order valence-electron chi connectivity index (χ4n) is 2.06. The van der Waals surface area contributed by atoms with E-state index in [0.29, 0.717) is 36.5 Å². The van der Waals surface area contributed by atoms with Crippen LogP contribution >= 0.6 is 0 Å². The number of imidazole rings is 1. The summed E-state index contributed by atoms with van der Waals surface area (Å²) in [7, 11) is 1.29. The van der Waals surface area contributed by atoms with Gasteiger partial charge in [-0.05, 0) is 6.42 Å². The number of fused-ring (bicyclic) bond motifs is 1. The summed E-state index contributed by atoms with van der Waals surface area (Å²) in [5.41, 5.74) is 6.93. The molecule has 2 aromatic heterocycles. The number of rotatable bonds is 6. The van der Waals surface area contributed by atoms with Crippen LogP contribution in [0.15, 0.2) is 12.7 Å². The maximum Gasteiger partial charge on any atom is 0.325 e. The molecule has 0 radical (unpaired) electrons. The predicted octanol–water partition coefficient (Wildman–Crippen LogP) is -0.180. The molecule has 22 heavy (non-hydrogen) atoms. The van der Waals surface area contributed by atoms with E-state index < -0.39 is 5.97 Å². The van der Waals surface area contributed by atoms with E-state index in [1.165, 1.54) is 25.3 Å². The van der Waals surface area contributed by atoms with Crippen molar-refractivity contribution in [1.29, 1.82) is 0 Å². The molecule has 2 N–H and O–H groups in total. The van der Waals surface area contributed by atoms with Gasteiger partial charge in [0.25, 0.3) is 0 Å². The summed E-state index contributed by atoms with van der Waals surface area (Å²) in [5.74, 6) is -0.281. The molecular formula is C13H18N6O3. The molecule has 0 unspecified atom stereocenters. The van der Waals surface area contributed by atoms with Crippen molar-refractivity contribution in [3.05, 3.63) is 12.7 Å². The van der Waals surface area contributed by atoms with Gasteiger partial charge in [-0.2, -0.15) is 0 Å². The van der Waals surface area contributed by atoms with Crippen molar-refractivity contribution in [2.75, 3.05) is 25.9 Å². The highest BCUT2D eigenvalue weighted by Crippen LogP contribution is 2.14. The predicted molar refractivity (Wildman–Crippen MR) is 78.6 cm³/mol. The minimum Gasteiger partial charge on any atom is -0.468 e. The number of ether oxygens (including phenoxy) is 1. The van der Waals surface area contributed by atoms with Gasteiger partial charge in [-0.1, -0.05) is 0 Å². The molecule has 0 spiro atoms. The van der Waals surface area contributed by atoms with Crippen LogP contribution in [0.25, 0.3) is 11.2 Å². The second-order valence-corrected chi connectivity index (χ2v) is 4.74. The molecule has 0 aromatic carbocycles. The highest BCUT2D eigenvalue weighted by molar-refractivity contribution is 5.81. The first-order chi connectivity index (χ1) is 10.5. The van der Waals surface area contributed by atoms with Gasteiger partial charge in [0.05, 0.1) is 13.4 Å². The third kappa shape index (κ3) is 3.48. The van der Waals surface area contributed by atoms with Gasteiger partial charge in [-0.15, -0.1) is 0 Å². The average molecular weight is 306 g/mol. The van der Waals surface area contributed by atoms with E-state index in [2.05, 4.69) is 19.7 Å². The van der Waals surface area contributed by atoms with E-state index in [1.807, 2.05) is 4.57 Å². The van der Waals surface area contributed by atoms with Crippen LogP contribution in [0.5, 0.6) is 0 Å². The Hall–Kier alpha value is -2.71. The largest absolute Gasteiger partial charge is 0.468 e. The van der Waals surface area contributed by atoms with Crippen molar-refractivity contribution in [3.8, 4) is 0 Å². The van der Waals surface area contributed by atoms with Gasteiger partial charge in [0.15, 0.2) is 11.5 Å². The van der Waals surface area contributed by atoms with Gasteiger partial charge >= 0.3 is 5.97 Å². The molecule has 0 bridgehead atoms. The molecule has 0 fully saturated rings. The Morgan fingerprint density at radius 2 is 2.14 bits per heavy atom. The summed E-state index contributed by atoms with van der Waals surface area (Å²) in [6, 6.07) is 0. The molecule has 9 heteroatoms. The van der Waals surface area contributed by atoms with E-state index in [-0.39, 0.29) is 12.5 Å². The molecule has 0 saturated heterocycles. The van der Waals surface area contributed by atoms with Crippen molar-refractivity contribution in [2.45, 2.75) is 19.9 Å².